The number of H-pyrrole nitrogens is 1. The van der Waals surface area contributed by atoms with Crippen molar-refractivity contribution in [2.75, 3.05) is 11.4 Å². The molecule has 4 nitrogen and oxygen atoms in total. The van der Waals surface area contributed by atoms with E-state index in [1.165, 1.54) is 12.1 Å². The number of nitrogens with zero attached hydrogens (tertiary/aromatic N) is 2. The van der Waals surface area contributed by atoms with E-state index in [9.17, 15) is 9.18 Å². The molecule has 100 valence electrons. The summed E-state index contributed by atoms with van der Waals surface area (Å²) in [6.45, 7) is 0.478. The molecule has 1 atom stereocenters. The molecule has 1 aromatic heterocycles. The number of aromatic nitrogens is 2. The molecule has 0 saturated carbocycles. The summed E-state index contributed by atoms with van der Waals surface area (Å²) >= 11 is 0. The second-order valence-electron chi connectivity index (χ2n) is 4.71. The molecule has 2 heterocycles. The zero-order valence-corrected chi connectivity index (χ0v) is 10.6. The van der Waals surface area contributed by atoms with Gasteiger partial charge in [0, 0.05) is 24.4 Å². The fourth-order valence-electron chi connectivity index (χ4n) is 2.36. The van der Waals surface area contributed by atoms with Crippen molar-refractivity contribution < 1.29 is 9.18 Å². The van der Waals surface area contributed by atoms with Crippen LogP contribution in [0.4, 0.5) is 10.2 Å². The first-order chi connectivity index (χ1) is 9.69. The number of anilines is 1. The van der Waals surface area contributed by atoms with Crippen molar-refractivity contribution in [3.63, 3.8) is 0 Å². The standard InChI is InChI=1S/C15H12FN3O/c1-2-10-7-14(20)19(9-10)15-13(8-17-18-15)11-3-5-12(16)6-4-11/h1,3-6,8,10H,7,9H2,(H,17,18). The Balaban J connectivity index is 1.97. The number of rotatable bonds is 2. The Kier molecular flexibility index (Phi) is 2.99. The highest BCUT2D eigenvalue weighted by Gasteiger charge is 2.31. The van der Waals surface area contributed by atoms with E-state index in [0.717, 1.165) is 11.1 Å². The third-order valence-electron chi connectivity index (χ3n) is 3.41. The Bertz CT molecular complexity index is 684. The molecule has 0 bridgehead atoms. The van der Waals surface area contributed by atoms with Gasteiger partial charge in [0.05, 0.1) is 6.20 Å². The Labute approximate surface area is 115 Å². The summed E-state index contributed by atoms with van der Waals surface area (Å²) in [6.07, 6.45) is 7.35. The molecule has 2 aromatic rings. The van der Waals surface area contributed by atoms with Gasteiger partial charge in [-0.05, 0) is 17.7 Å². The Hall–Kier alpha value is -2.61. The number of nitrogens with one attached hydrogen (secondary N) is 1. The number of carbonyl (C=O) groups excluding carboxylic acids is 1. The number of hydrogen-bond donors (Lipinski definition) is 1. The molecule has 1 aromatic carbocycles. The quantitative estimate of drug-likeness (QED) is 0.850. The van der Waals surface area contributed by atoms with Crippen LogP contribution in [0.3, 0.4) is 0 Å². The van der Waals surface area contributed by atoms with Crippen LogP contribution in [0.2, 0.25) is 0 Å². The molecule has 0 aliphatic carbocycles. The molecule has 1 fully saturated rings. The van der Waals surface area contributed by atoms with Crippen molar-refractivity contribution in [3.05, 3.63) is 36.3 Å². The van der Waals surface area contributed by atoms with Gasteiger partial charge in [-0.25, -0.2) is 4.39 Å². The first-order valence-corrected chi connectivity index (χ1v) is 6.25. The van der Waals surface area contributed by atoms with Crippen LogP contribution in [-0.4, -0.2) is 22.6 Å². The number of carbonyl (C=O) groups is 1. The van der Waals surface area contributed by atoms with Crippen molar-refractivity contribution >= 4 is 11.7 Å². The Morgan fingerprint density at radius 3 is 2.80 bits per heavy atom. The zero-order chi connectivity index (χ0) is 14.1. The normalized spacial score (nSPS) is 18.3. The van der Waals surface area contributed by atoms with Crippen LogP contribution in [-0.2, 0) is 4.79 Å². The highest BCUT2D eigenvalue weighted by Crippen LogP contribution is 2.32. The van der Waals surface area contributed by atoms with E-state index in [4.69, 9.17) is 6.42 Å². The van der Waals surface area contributed by atoms with Gasteiger partial charge in [0.1, 0.15) is 11.6 Å². The maximum absolute atomic E-state index is 13.0. The van der Waals surface area contributed by atoms with E-state index in [1.807, 2.05) is 0 Å². The minimum absolute atomic E-state index is 0.0273. The van der Waals surface area contributed by atoms with Crippen molar-refractivity contribution in [1.82, 2.24) is 10.2 Å². The Morgan fingerprint density at radius 1 is 1.40 bits per heavy atom. The van der Waals surface area contributed by atoms with Crippen molar-refractivity contribution in [2.24, 2.45) is 5.92 Å². The van der Waals surface area contributed by atoms with E-state index in [2.05, 4.69) is 16.1 Å². The lowest BCUT2D eigenvalue weighted by atomic mass is 10.1. The van der Waals surface area contributed by atoms with Crippen LogP contribution < -0.4 is 4.90 Å². The summed E-state index contributed by atoms with van der Waals surface area (Å²) in [4.78, 5) is 13.6. The van der Waals surface area contributed by atoms with Crippen molar-refractivity contribution in [3.8, 4) is 23.5 Å². The van der Waals surface area contributed by atoms with Gasteiger partial charge in [-0.15, -0.1) is 12.3 Å². The lowest BCUT2D eigenvalue weighted by Crippen LogP contribution is -2.25. The largest absolute Gasteiger partial charge is 0.295 e. The lowest BCUT2D eigenvalue weighted by molar-refractivity contribution is -0.117. The summed E-state index contributed by atoms with van der Waals surface area (Å²) in [6, 6.07) is 6.07. The molecule has 3 rings (SSSR count). The molecule has 1 aliphatic rings. The van der Waals surface area contributed by atoms with Crippen LogP contribution in [0, 0.1) is 24.1 Å². The molecular formula is C15H12FN3O. The summed E-state index contributed by atoms with van der Waals surface area (Å²) < 4.78 is 13.0. The van der Waals surface area contributed by atoms with Crippen LogP contribution in [0.1, 0.15) is 6.42 Å². The summed E-state index contributed by atoms with van der Waals surface area (Å²) in [5.74, 6) is 2.81. The first-order valence-electron chi connectivity index (χ1n) is 6.25. The molecule has 1 amide bonds. The van der Waals surface area contributed by atoms with Gasteiger partial charge in [-0.2, -0.15) is 5.10 Å². The maximum atomic E-state index is 13.0. The van der Waals surface area contributed by atoms with Crippen molar-refractivity contribution in [2.45, 2.75) is 6.42 Å². The van der Waals surface area contributed by atoms with E-state index < -0.39 is 0 Å². The summed E-state index contributed by atoms with van der Waals surface area (Å²) in [5.41, 5.74) is 1.56. The summed E-state index contributed by atoms with van der Waals surface area (Å²) in [7, 11) is 0. The molecule has 20 heavy (non-hydrogen) atoms. The van der Waals surface area contributed by atoms with Gasteiger partial charge in [-0.1, -0.05) is 12.1 Å². The molecule has 1 N–H and O–H groups in total. The minimum Gasteiger partial charge on any atom is -0.295 e. The fraction of sp³-hybridized carbons (Fsp3) is 0.200. The van der Waals surface area contributed by atoms with Gasteiger partial charge < -0.3 is 0 Å². The minimum atomic E-state index is -0.302. The maximum Gasteiger partial charge on any atom is 0.229 e. The van der Waals surface area contributed by atoms with E-state index >= 15 is 0 Å². The van der Waals surface area contributed by atoms with Crippen LogP contribution in [0.15, 0.2) is 30.5 Å². The molecular weight excluding hydrogens is 257 g/mol. The lowest BCUT2D eigenvalue weighted by Gasteiger charge is -2.15. The second-order valence-corrected chi connectivity index (χ2v) is 4.71. The van der Waals surface area contributed by atoms with Gasteiger partial charge >= 0.3 is 0 Å². The third-order valence-corrected chi connectivity index (χ3v) is 3.41. The fourth-order valence-corrected chi connectivity index (χ4v) is 2.36. The number of terminal acetylenes is 1. The number of aromatic amines is 1. The van der Waals surface area contributed by atoms with Crippen LogP contribution in [0.25, 0.3) is 11.1 Å². The average Bonchev–Trinajstić information content (AvgIpc) is 3.05. The van der Waals surface area contributed by atoms with Gasteiger partial charge in [0.15, 0.2) is 0 Å². The highest BCUT2D eigenvalue weighted by molar-refractivity contribution is 5.98. The molecule has 1 unspecified atom stereocenters. The second kappa shape index (κ2) is 4.82. The predicted molar refractivity (Wildman–Crippen MR) is 73.3 cm³/mol. The predicted octanol–water partition coefficient (Wildman–Crippen LogP) is 2.20. The number of benzene rings is 1. The number of halogens is 1. The van der Waals surface area contributed by atoms with Gasteiger partial charge in [0.25, 0.3) is 0 Å². The molecule has 1 aliphatic heterocycles. The number of amides is 1. The summed E-state index contributed by atoms with van der Waals surface area (Å²) in [5, 5.41) is 6.82. The molecule has 0 radical (unpaired) electrons. The number of hydrogen-bond acceptors (Lipinski definition) is 2. The smallest absolute Gasteiger partial charge is 0.229 e. The highest BCUT2D eigenvalue weighted by atomic mass is 19.1. The van der Waals surface area contributed by atoms with Crippen LogP contribution in [0.5, 0.6) is 0 Å². The average molecular weight is 269 g/mol. The monoisotopic (exact) mass is 269 g/mol. The zero-order valence-electron chi connectivity index (χ0n) is 10.6. The van der Waals surface area contributed by atoms with Crippen molar-refractivity contribution in [1.29, 1.82) is 0 Å². The third kappa shape index (κ3) is 2.05. The molecule has 1 saturated heterocycles. The SMILES string of the molecule is C#CC1CC(=O)N(c2[nH]ncc2-c2ccc(F)cc2)C1. The van der Waals surface area contributed by atoms with E-state index in [-0.39, 0.29) is 17.6 Å². The van der Waals surface area contributed by atoms with E-state index in [0.29, 0.717) is 18.8 Å². The van der Waals surface area contributed by atoms with Crippen LogP contribution >= 0.6 is 0 Å². The molecule has 0 spiro atoms. The van der Waals surface area contributed by atoms with Gasteiger partial charge in [0.2, 0.25) is 5.91 Å². The topological polar surface area (TPSA) is 49.0 Å². The Morgan fingerprint density at radius 2 is 2.15 bits per heavy atom. The van der Waals surface area contributed by atoms with Gasteiger partial charge in [-0.3, -0.25) is 14.8 Å². The molecule has 5 heteroatoms. The first kappa shape index (κ1) is 12.4. The van der Waals surface area contributed by atoms with E-state index in [1.54, 1.807) is 23.2 Å².